The second kappa shape index (κ2) is 6.51. The molecule has 1 aromatic heterocycles. The summed E-state index contributed by atoms with van der Waals surface area (Å²) < 4.78 is 20.8. The van der Waals surface area contributed by atoms with Gasteiger partial charge in [0.05, 0.1) is 6.10 Å². The van der Waals surface area contributed by atoms with E-state index >= 15 is 0 Å². The van der Waals surface area contributed by atoms with E-state index in [4.69, 9.17) is 18.6 Å². The summed E-state index contributed by atoms with van der Waals surface area (Å²) in [4.78, 5) is 34.8. The van der Waals surface area contributed by atoms with E-state index < -0.39 is 17.6 Å². The number of fused-ring (bicyclic) bond motifs is 1. The molecule has 1 aromatic carbocycles. The molecule has 7 heteroatoms. The predicted octanol–water partition coefficient (Wildman–Crippen LogP) is 2.43. The first-order valence-electron chi connectivity index (χ1n) is 6.93. The number of hydrogen-bond acceptors (Lipinski definition) is 7. The molecular weight excluding hydrogens is 304 g/mol. The highest BCUT2D eigenvalue weighted by Gasteiger charge is 2.23. The zero-order chi connectivity index (χ0) is 17.1. The van der Waals surface area contributed by atoms with Gasteiger partial charge in [-0.2, -0.15) is 0 Å². The Bertz CT molecular complexity index is 817. The van der Waals surface area contributed by atoms with E-state index in [1.807, 2.05) is 0 Å². The van der Waals surface area contributed by atoms with Gasteiger partial charge in [0, 0.05) is 13.8 Å². The van der Waals surface area contributed by atoms with Crippen LogP contribution < -0.4 is 19.8 Å². The number of benzene rings is 1. The minimum Gasteiger partial charge on any atom is -0.481 e. The van der Waals surface area contributed by atoms with Crippen molar-refractivity contribution in [3.63, 3.8) is 0 Å². The van der Waals surface area contributed by atoms with Gasteiger partial charge in [-0.05, 0) is 26.0 Å². The van der Waals surface area contributed by atoms with Crippen LogP contribution in [0.3, 0.4) is 0 Å². The summed E-state index contributed by atoms with van der Waals surface area (Å²) in [6.07, 6.45) is -0.356. The number of esters is 2. The molecule has 0 saturated carbocycles. The maximum absolute atomic E-state index is 12.1. The fraction of sp³-hybridized carbons (Fsp3) is 0.312. The van der Waals surface area contributed by atoms with Crippen LogP contribution in [0.2, 0.25) is 0 Å². The molecule has 0 spiro atoms. The molecular formula is C16H16O7. The molecule has 1 heterocycles. The first kappa shape index (κ1) is 16.5. The third-order valence-electron chi connectivity index (χ3n) is 2.66. The Morgan fingerprint density at radius 2 is 1.70 bits per heavy atom. The molecule has 2 aromatic rings. The number of carbonyl (C=O) groups excluding carboxylic acids is 2. The maximum Gasteiger partial charge on any atom is 0.383 e. The van der Waals surface area contributed by atoms with Crippen molar-refractivity contribution in [3.05, 3.63) is 28.6 Å². The number of ether oxygens (including phenoxy) is 3. The van der Waals surface area contributed by atoms with Crippen molar-refractivity contribution in [1.29, 1.82) is 0 Å². The van der Waals surface area contributed by atoms with Crippen molar-refractivity contribution in [2.75, 3.05) is 0 Å². The first-order chi connectivity index (χ1) is 10.8. The van der Waals surface area contributed by atoms with Crippen LogP contribution in [0.25, 0.3) is 11.0 Å². The van der Waals surface area contributed by atoms with Gasteiger partial charge in [-0.3, -0.25) is 9.59 Å². The fourth-order valence-corrected chi connectivity index (χ4v) is 1.99. The zero-order valence-electron chi connectivity index (χ0n) is 13.2. The van der Waals surface area contributed by atoms with Gasteiger partial charge in [-0.25, -0.2) is 4.79 Å². The second-order valence-electron chi connectivity index (χ2n) is 5.03. The van der Waals surface area contributed by atoms with Gasteiger partial charge in [0.1, 0.15) is 16.7 Å². The molecule has 0 aliphatic carbocycles. The molecule has 0 fully saturated rings. The molecule has 0 radical (unpaired) electrons. The van der Waals surface area contributed by atoms with Crippen molar-refractivity contribution in [2.45, 2.75) is 33.8 Å². The van der Waals surface area contributed by atoms with Crippen molar-refractivity contribution in [1.82, 2.24) is 0 Å². The number of rotatable bonds is 4. The Kier molecular flexibility index (Phi) is 4.68. The average molecular weight is 320 g/mol. The minimum atomic E-state index is -0.789. The van der Waals surface area contributed by atoms with E-state index in [0.29, 0.717) is 0 Å². The van der Waals surface area contributed by atoms with E-state index in [0.717, 1.165) is 0 Å². The van der Waals surface area contributed by atoms with E-state index in [9.17, 15) is 14.4 Å². The Morgan fingerprint density at radius 1 is 1.04 bits per heavy atom. The van der Waals surface area contributed by atoms with E-state index in [-0.39, 0.29) is 34.3 Å². The summed E-state index contributed by atoms with van der Waals surface area (Å²) in [7, 11) is 0. The lowest BCUT2D eigenvalue weighted by atomic mass is 10.2. The van der Waals surface area contributed by atoms with Crippen LogP contribution >= 0.6 is 0 Å². The Morgan fingerprint density at radius 3 is 2.26 bits per heavy atom. The van der Waals surface area contributed by atoms with Crippen molar-refractivity contribution >= 4 is 22.9 Å². The molecule has 0 aliphatic heterocycles. The normalized spacial score (nSPS) is 10.7. The molecule has 0 unspecified atom stereocenters. The van der Waals surface area contributed by atoms with Crippen LogP contribution in [-0.2, 0) is 9.59 Å². The average Bonchev–Trinajstić information content (AvgIpc) is 2.41. The lowest BCUT2D eigenvalue weighted by Crippen LogP contribution is -2.16. The Labute approximate surface area is 131 Å². The minimum absolute atomic E-state index is 0.101. The van der Waals surface area contributed by atoms with Gasteiger partial charge < -0.3 is 18.6 Å². The van der Waals surface area contributed by atoms with E-state index in [2.05, 4.69) is 0 Å². The quantitative estimate of drug-likeness (QED) is 0.485. The summed E-state index contributed by atoms with van der Waals surface area (Å²) in [5.41, 5.74) is -0.677. The van der Waals surface area contributed by atoms with Gasteiger partial charge in [0.2, 0.25) is 5.75 Å². The lowest BCUT2D eigenvalue weighted by molar-refractivity contribution is -0.132. The number of hydrogen-bond donors (Lipinski definition) is 0. The van der Waals surface area contributed by atoms with Crippen molar-refractivity contribution in [3.8, 4) is 17.2 Å². The van der Waals surface area contributed by atoms with E-state index in [1.165, 1.54) is 26.0 Å². The maximum atomic E-state index is 12.1. The smallest absolute Gasteiger partial charge is 0.383 e. The summed E-state index contributed by atoms with van der Waals surface area (Å²) in [5.74, 6) is -1.49. The first-order valence-corrected chi connectivity index (χ1v) is 6.93. The molecule has 2 rings (SSSR count). The lowest BCUT2D eigenvalue weighted by Gasteiger charge is -2.15. The van der Waals surface area contributed by atoms with Crippen molar-refractivity contribution in [2.24, 2.45) is 0 Å². The molecule has 0 bridgehead atoms. The highest BCUT2D eigenvalue weighted by Crippen LogP contribution is 2.39. The summed E-state index contributed by atoms with van der Waals surface area (Å²) in [6, 6.07) is 4.54. The van der Waals surface area contributed by atoms with Gasteiger partial charge in [-0.15, -0.1) is 0 Å². The van der Waals surface area contributed by atoms with Crippen LogP contribution in [0.5, 0.6) is 17.2 Å². The fourth-order valence-electron chi connectivity index (χ4n) is 1.99. The van der Waals surface area contributed by atoms with Crippen molar-refractivity contribution < 1.29 is 28.2 Å². The van der Waals surface area contributed by atoms with Gasteiger partial charge in [0.25, 0.3) is 0 Å². The zero-order valence-corrected chi connectivity index (χ0v) is 13.2. The van der Waals surface area contributed by atoms with E-state index in [1.54, 1.807) is 19.9 Å². The summed E-state index contributed by atoms with van der Waals surface area (Å²) >= 11 is 0. The molecule has 0 atom stereocenters. The highest BCUT2D eigenvalue weighted by atomic mass is 16.6. The molecule has 0 saturated heterocycles. The van der Waals surface area contributed by atoms with Gasteiger partial charge >= 0.3 is 17.6 Å². The SMILES string of the molecule is CC(=O)Oc1cccc2oc(=O)c(OC(C)C)c(OC(C)=O)c12. The number of carbonyl (C=O) groups is 2. The van der Waals surface area contributed by atoms with Crippen LogP contribution in [0.1, 0.15) is 27.7 Å². The Balaban J connectivity index is 2.83. The molecule has 0 amide bonds. The monoisotopic (exact) mass is 320 g/mol. The van der Waals surface area contributed by atoms with Crippen LogP contribution in [0, 0.1) is 0 Å². The summed E-state index contributed by atoms with van der Waals surface area (Å²) in [5, 5.41) is 0.174. The van der Waals surface area contributed by atoms with Crippen LogP contribution in [0.15, 0.2) is 27.4 Å². The molecule has 0 aliphatic rings. The largest absolute Gasteiger partial charge is 0.481 e. The van der Waals surface area contributed by atoms with Crippen LogP contribution in [0.4, 0.5) is 0 Å². The standard InChI is InChI=1S/C16H16O7/c1-8(2)20-15-14(22-10(4)18)13-11(21-9(3)17)6-5-7-12(13)23-16(15)19/h5-8H,1-4H3. The topological polar surface area (TPSA) is 92.0 Å². The molecule has 0 N–H and O–H groups in total. The van der Waals surface area contributed by atoms with Gasteiger partial charge in [-0.1, -0.05) is 6.07 Å². The molecule has 23 heavy (non-hydrogen) atoms. The summed E-state index contributed by atoms with van der Waals surface area (Å²) in [6.45, 7) is 5.83. The third-order valence-corrected chi connectivity index (χ3v) is 2.66. The van der Waals surface area contributed by atoms with Gasteiger partial charge in [0.15, 0.2) is 5.75 Å². The Hall–Kier alpha value is -2.83. The third kappa shape index (κ3) is 3.68. The molecule has 122 valence electrons. The molecule has 7 nitrogen and oxygen atoms in total. The second-order valence-corrected chi connectivity index (χ2v) is 5.03. The highest BCUT2D eigenvalue weighted by molar-refractivity contribution is 5.94. The predicted molar refractivity (Wildman–Crippen MR) is 80.9 cm³/mol. The van der Waals surface area contributed by atoms with Crippen LogP contribution in [-0.4, -0.2) is 18.0 Å².